The van der Waals surface area contributed by atoms with Gasteiger partial charge in [0.25, 0.3) is 0 Å². The van der Waals surface area contributed by atoms with Crippen molar-refractivity contribution in [1.82, 2.24) is 9.13 Å². The Hall–Kier alpha value is -5.36. The van der Waals surface area contributed by atoms with Crippen molar-refractivity contribution < 1.29 is 10.2 Å². The maximum atomic E-state index is 11.2. The fourth-order valence-corrected chi connectivity index (χ4v) is 6.55. The van der Waals surface area contributed by atoms with E-state index < -0.39 is 0 Å². The Morgan fingerprint density at radius 1 is 0.600 bits per heavy atom. The van der Waals surface area contributed by atoms with Crippen LogP contribution in [0.5, 0.6) is 11.5 Å². The summed E-state index contributed by atoms with van der Waals surface area (Å²) >= 11 is 0. The molecule has 2 heterocycles. The molecule has 7 aromatic rings. The zero-order chi connectivity index (χ0) is 31.2. The van der Waals surface area contributed by atoms with E-state index in [1.807, 2.05) is 81.6 Å². The number of nitrogens with zero attached hydrogens (tertiary/aromatic N) is 4. The summed E-state index contributed by atoms with van der Waals surface area (Å²) in [7, 11) is 2.04. The van der Waals surface area contributed by atoms with Crippen molar-refractivity contribution in [3.63, 3.8) is 0 Å². The molecule has 224 valence electrons. The van der Waals surface area contributed by atoms with E-state index in [1.54, 1.807) is 0 Å². The van der Waals surface area contributed by atoms with E-state index in [0.29, 0.717) is 33.9 Å². The van der Waals surface area contributed by atoms with Gasteiger partial charge in [0.05, 0.1) is 16.9 Å². The van der Waals surface area contributed by atoms with Gasteiger partial charge in [-0.15, -0.1) is 0 Å². The van der Waals surface area contributed by atoms with Crippen molar-refractivity contribution in [2.45, 2.75) is 40.2 Å². The van der Waals surface area contributed by atoms with Crippen molar-refractivity contribution in [1.29, 1.82) is 0 Å². The monoisotopic (exact) mass is 592 g/mol. The van der Waals surface area contributed by atoms with Crippen LogP contribution in [0.3, 0.4) is 0 Å². The van der Waals surface area contributed by atoms with Gasteiger partial charge in [-0.05, 0) is 68.8 Å². The van der Waals surface area contributed by atoms with Crippen molar-refractivity contribution >= 4 is 66.4 Å². The third-order valence-electron chi connectivity index (χ3n) is 8.89. The van der Waals surface area contributed by atoms with Crippen molar-refractivity contribution in [3.05, 3.63) is 108 Å². The molecule has 2 aromatic heterocycles. The topological polar surface area (TPSA) is 75.0 Å². The average molecular weight is 593 g/mol. The molecule has 0 aliphatic heterocycles. The molecule has 0 saturated carbocycles. The van der Waals surface area contributed by atoms with Gasteiger partial charge < -0.3 is 19.3 Å². The van der Waals surface area contributed by atoms with E-state index in [9.17, 15) is 10.2 Å². The zero-order valence-electron chi connectivity index (χ0n) is 26.0. The molecule has 6 nitrogen and oxygen atoms in total. The molecule has 0 radical (unpaired) electrons. The number of aryl methyl sites for hydroxylation is 2. The number of fused-ring (bicyclic) bond motifs is 6. The highest BCUT2D eigenvalue weighted by Crippen LogP contribution is 2.37. The second-order valence-electron chi connectivity index (χ2n) is 11.8. The molecule has 0 unspecified atom stereocenters. The second-order valence-corrected chi connectivity index (χ2v) is 11.8. The SMILES string of the molecule is CCCCn1c2ccccc2c2cc(O)c(C(C)=Nc3ccccc3N=C(C)c3cc4c(cc3O)c3ccccc3n4C)cc21. The molecule has 0 aliphatic carbocycles. The van der Waals surface area contributed by atoms with Crippen LogP contribution in [0.2, 0.25) is 0 Å². The molecule has 0 atom stereocenters. The minimum absolute atomic E-state index is 0.189. The van der Waals surface area contributed by atoms with Gasteiger partial charge in [0.15, 0.2) is 0 Å². The number of unbranched alkanes of at least 4 members (excludes halogenated alkanes) is 1. The lowest BCUT2D eigenvalue weighted by Gasteiger charge is -2.10. The lowest BCUT2D eigenvalue weighted by Crippen LogP contribution is -2.00. The Balaban J connectivity index is 1.30. The summed E-state index contributed by atoms with van der Waals surface area (Å²) in [6.07, 6.45) is 2.18. The minimum atomic E-state index is 0.189. The van der Waals surface area contributed by atoms with Crippen molar-refractivity contribution in [2.75, 3.05) is 0 Å². The van der Waals surface area contributed by atoms with Crippen LogP contribution >= 0.6 is 0 Å². The summed E-state index contributed by atoms with van der Waals surface area (Å²) in [5.41, 5.74) is 8.52. The quantitative estimate of drug-likeness (QED) is 0.181. The van der Waals surface area contributed by atoms with Crippen LogP contribution in [-0.4, -0.2) is 30.8 Å². The number of aliphatic imine (C=N–C) groups is 2. The first-order chi connectivity index (χ1) is 21.9. The third-order valence-corrected chi connectivity index (χ3v) is 8.89. The number of aromatic hydroxyl groups is 2. The average Bonchev–Trinajstić information content (AvgIpc) is 3.50. The maximum absolute atomic E-state index is 11.2. The molecule has 0 aliphatic rings. The summed E-state index contributed by atoms with van der Waals surface area (Å²) in [6, 6.07) is 32.1. The molecule has 2 N–H and O–H groups in total. The van der Waals surface area contributed by atoms with E-state index in [2.05, 4.69) is 52.5 Å². The van der Waals surface area contributed by atoms with Crippen LogP contribution in [0.4, 0.5) is 11.4 Å². The van der Waals surface area contributed by atoms with Crippen molar-refractivity contribution in [2.24, 2.45) is 17.0 Å². The van der Waals surface area contributed by atoms with Crippen LogP contribution in [0.25, 0.3) is 43.6 Å². The minimum Gasteiger partial charge on any atom is -0.507 e. The molecule has 45 heavy (non-hydrogen) atoms. The third kappa shape index (κ3) is 4.83. The van der Waals surface area contributed by atoms with Crippen LogP contribution in [0.1, 0.15) is 44.7 Å². The van der Waals surface area contributed by atoms with Crippen LogP contribution in [0.15, 0.2) is 107 Å². The lowest BCUT2D eigenvalue weighted by atomic mass is 10.1. The molecule has 0 saturated heterocycles. The number of hydrogen-bond acceptors (Lipinski definition) is 4. The summed E-state index contributed by atoms with van der Waals surface area (Å²) < 4.78 is 4.50. The Labute approximate surface area is 262 Å². The second kappa shape index (κ2) is 11.3. The Morgan fingerprint density at radius 3 is 1.69 bits per heavy atom. The number of rotatable bonds is 7. The van der Waals surface area contributed by atoms with Crippen LogP contribution in [-0.2, 0) is 13.6 Å². The number of phenols is 2. The number of hydrogen-bond donors (Lipinski definition) is 2. The molecular weight excluding hydrogens is 556 g/mol. The molecule has 7 rings (SSSR count). The van der Waals surface area contributed by atoms with Gasteiger partial charge in [-0.1, -0.05) is 61.9 Å². The van der Waals surface area contributed by atoms with Gasteiger partial charge >= 0.3 is 0 Å². The van der Waals surface area contributed by atoms with E-state index in [-0.39, 0.29) is 11.5 Å². The number of benzene rings is 5. The predicted molar refractivity (Wildman–Crippen MR) is 188 cm³/mol. The largest absolute Gasteiger partial charge is 0.507 e. The first-order valence-corrected chi connectivity index (χ1v) is 15.5. The molecule has 5 aromatic carbocycles. The van der Waals surface area contributed by atoms with Crippen LogP contribution in [0, 0.1) is 0 Å². The Morgan fingerprint density at radius 2 is 1.09 bits per heavy atom. The number of phenolic OH excluding ortho intramolecular Hbond substituents is 2. The summed E-state index contributed by atoms with van der Waals surface area (Å²) in [4.78, 5) is 9.93. The summed E-state index contributed by atoms with van der Waals surface area (Å²) in [5.74, 6) is 0.390. The van der Waals surface area contributed by atoms with E-state index in [1.165, 1.54) is 5.52 Å². The fraction of sp³-hybridized carbons (Fsp3) is 0.179. The van der Waals surface area contributed by atoms with Gasteiger partial charge in [0, 0.05) is 74.2 Å². The van der Waals surface area contributed by atoms with Gasteiger partial charge in [0.1, 0.15) is 11.5 Å². The summed E-state index contributed by atoms with van der Waals surface area (Å²) in [6.45, 7) is 6.95. The molecule has 0 fully saturated rings. The highest BCUT2D eigenvalue weighted by molar-refractivity contribution is 6.14. The maximum Gasteiger partial charge on any atom is 0.125 e. The lowest BCUT2D eigenvalue weighted by molar-refractivity contribution is 0.474. The first-order valence-electron chi connectivity index (χ1n) is 15.5. The van der Waals surface area contributed by atoms with Gasteiger partial charge in [0.2, 0.25) is 0 Å². The Kier molecular flexibility index (Phi) is 7.13. The normalized spacial score (nSPS) is 12.7. The predicted octanol–water partition coefficient (Wildman–Crippen LogP) is 9.93. The fourth-order valence-electron chi connectivity index (χ4n) is 6.55. The molecule has 0 amide bonds. The van der Waals surface area contributed by atoms with E-state index in [4.69, 9.17) is 9.98 Å². The highest BCUT2D eigenvalue weighted by Gasteiger charge is 2.17. The summed E-state index contributed by atoms with van der Waals surface area (Å²) in [5, 5.41) is 26.6. The van der Waals surface area contributed by atoms with E-state index in [0.717, 1.165) is 57.5 Å². The highest BCUT2D eigenvalue weighted by atomic mass is 16.3. The smallest absolute Gasteiger partial charge is 0.125 e. The number of aromatic nitrogens is 2. The van der Waals surface area contributed by atoms with Gasteiger partial charge in [-0.25, -0.2) is 0 Å². The van der Waals surface area contributed by atoms with Gasteiger partial charge in [-0.3, -0.25) is 9.98 Å². The van der Waals surface area contributed by atoms with Crippen molar-refractivity contribution in [3.8, 4) is 11.5 Å². The van der Waals surface area contributed by atoms with E-state index >= 15 is 0 Å². The standard InChI is InChI=1S/C39H36N4O2/c1-5-6-19-43-35-18-12-8-14-27(35)31-23-39(45)29(21-37(31)43)25(3)41-33-16-10-9-15-32(33)40-24(2)28-20-36-30(22-38(28)44)26-13-7-11-17-34(26)42(36)4/h7-18,20-23,44-45H,5-6,19H2,1-4H3. The molecule has 0 bridgehead atoms. The first kappa shape index (κ1) is 28.4. The molecule has 6 heteroatoms. The zero-order valence-corrected chi connectivity index (χ0v) is 26.0. The van der Waals surface area contributed by atoms with Gasteiger partial charge in [-0.2, -0.15) is 0 Å². The van der Waals surface area contributed by atoms with Crippen LogP contribution < -0.4 is 0 Å². The Bertz CT molecular complexity index is 2320. The molecule has 0 spiro atoms. The number of para-hydroxylation sites is 4. The molecular formula is C39H36N4O2.